The van der Waals surface area contributed by atoms with Gasteiger partial charge >= 0.3 is 0 Å². The SMILES string of the molecule is N#Cc1ccc([O])c(I)c1I. The van der Waals surface area contributed by atoms with Crippen molar-refractivity contribution < 1.29 is 5.11 Å². The van der Waals surface area contributed by atoms with Crippen molar-refractivity contribution in [3.05, 3.63) is 24.8 Å². The summed E-state index contributed by atoms with van der Waals surface area (Å²) in [7, 11) is 0. The normalized spacial score (nSPS) is 9.18. The molecule has 2 nitrogen and oxygen atoms in total. The number of halogens is 2. The summed E-state index contributed by atoms with van der Waals surface area (Å²) in [6.07, 6.45) is 0. The van der Waals surface area contributed by atoms with Gasteiger partial charge in [-0.1, -0.05) is 0 Å². The third kappa shape index (κ3) is 1.76. The molecule has 0 unspecified atom stereocenters. The van der Waals surface area contributed by atoms with E-state index in [-0.39, 0.29) is 5.75 Å². The van der Waals surface area contributed by atoms with Gasteiger partial charge in [0.15, 0.2) is 5.75 Å². The highest BCUT2D eigenvalue weighted by Crippen LogP contribution is 2.27. The van der Waals surface area contributed by atoms with E-state index in [2.05, 4.69) is 0 Å². The Morgan fingerprint density at radius 3 is 2.45 bits per heavy atom. The maximum atomic E-state index is 11.0. The Labute approximate surface area is 91.5 Å². The number of benzene rings is 1. The predicted molar refractivity (Wildman–Crippen MR) is 56.7 cm³/mol. The lowest BCUT2D eigenvalue weighted by atomic mass is 10.2. The molecule has 0 fully saturated rings. The minimum absolute atomic E-state index is 0.0194. The van der Waals surface area contributed by atoms with Crippen LogP contribution >= 0.6 is 45.2 Å². The fourth-order valence-electron chi connectivity index (χ4n) is 0.618. The molecule has 0 amide bonds. The number of hydrogen-bond donors (Lipinski definition) is 0. The molecule has 1 aromatic rings. The molecule has 11 heavy (non-hydrogen) atoms. The molecule has 0 heterocycles. The van der Waals surface area contributed by atoms with Gasteiger partial charge in [0.2, 0.25) is 0 Å². The van der Waals surface area contributed by atoms with Gasteiger partial charge in [0.1, 0.15) is 6.07 Å². The van der Waals surface area contributed by atoms with Gasteiger partial charge in [-0.25, -0.2) is 0 Å². The first-order valence-corrected chi connectivity index (χ1v) is 4.87. The highest BCUT2D eigenvalue weighted by molar-refractivity contribution is 14.1. The van der Waals surface area contributed by atoms with E-state index < -0.39 is 0 Å². The number of rotatable bonds is 0. The summed E-state index contributed by atoms with van der Waals surface area (Å²) in [5.41, 5.74) is 0.564. The van der Waals surface area contributed by atoms with Crippen LogP contribution in [0.3, 0.4) is 0 Å². The molecule has 4 heteroatoms. The molecular weight excluding hydrogens is 368 g/mol. The van der Waals surface area contributed by atoms with Crippen LogP contribution in [0.5, 0.6) is 5.75 Å². The van der Waals surface area contributed by atoms with Gasteiger partial charge in [-0.05, 0) is 57.3 Å². The number of hydrogen-bond acceptors (Lipinski definition) is 1. The van der Waals surface area contributed by atoms with Crippen LogP contribution in [0.1, 0.15) is 5.56 Å². The Balaban J connectivity index is 3.40. The van der Waals surface area contributed by atoms with Crippen molar-refractivity contribution in [2.24, 2.45) is 0 Å². The van der Waals surface area contributed by atoms with Crippen LogP contribution in [0.2, 0.25) is 0 Å². The Bertz CT molecular complexity index is 330. The van der Waals surface area contributed by atoms with Gasteiger partial charge in [0.05, 0.1) is 9.13 Å². The minimum Gasteiger partial charge on any atom is -0.289 e. The first-order valence-electron chi connectivity index (χ1n) is 2.72. The van der Waals surface area contributed by atoms with E-state index in [0.29, 0.717) is 9.13 Å². The summed E-state index contributed by atoms with van der Waals surface area (Å²) in [5, 5.41) is 19.6. The molecular formula is C7H2I2NO. The third-order valence-electron chi connectivity index (χ3n) is 1.17. The highest BCUT2D eigenvalue weighted by Gasteiger charge is 2.07. The van der Waals surface area contributed by atoms with Crippen LogP contribution < -0.4 is 0 Å². The van der Waals surface area contributed by atoms with E-state index >= 15 is 0 Å². The zero-order chi connectivity index (χ0) is 8.43. The van der Waals surface area contributed by atoms with Crippen LogP contribution in [0.4, 0.5) is 0 Å². The molecule has 1 radical (unpaired) electrons. The maximum Gasteiger partial charge on any atom is 0.193 e. The lowest BCUT2D eigenvalue weighted by molar-refractivity contribution is 0.351. The average molecular weight is 370 g/mol. The fourth-order valence-corrected chi connectivity index (χ4v) is 1.65. The molecule has 0 saturated carbocycles. The maximum absolute atomic E-state index is 11.0. The van der Waals surface area contributed by atoms with Crippen LogP contribution in [0.15, 0.2) is 12.1 Å². The quantitative estimate of drug-likeness (QED) is 0.648. The molecule has 1 rings (SSSR count). The van der Waals surface area contributed by atoms with Crippen molar-refractivity contribution in [3.8, 4) is 11.8 Å². The van der Waals surface area contributed by atoms with E-state index in [1.165, 1.54) is 6.07 Å². The smallest absolute Gasteiger partial charge is 0.193 e. The third-order valence-corrected chi connectivity index (χ3v) is 4.39. The molecule has 0 spiro atoms. The molecule has 1 aromatic carbocycles. The van der Waals surface area contributed by atoms with Crippen molar-refractivity contribution in [3.63, 3.8) is 0 Å². The zero-order valence-electron chi connectivity index (χ0n) is 5.27. The summed E-state index contributed by atoms with van der Waals surface area (Å²) in [6.45, 7) is 0. The van der Waals surface area contributed by atoms with Gasteiger partial charge in [0.25, 0.3) is 0 Å². The summed E-state index contributed by atoms with van der Waals surface area (Å²) in [4.78, 5) is 0. The highest BCUT2D eigenvalue weighted by atomic mass is 127. The molecule has 0 aliphatic rings. The van der Waals surface area contributed by atoms with Crippen LogP contribution in [0.25, 0.3) is 0 Å². The van der Waals surface area contributed by atoms with Crippen LogP contribution in [-0.2, 0) is 5.11 Å². The first-order chi connectivity index (χ1) is 5.16. The van der Waals surface area contributed by atoms with Crippen molar-refractivity contribution >= 4 is 45.2 Å². The van der Waals surface area contributed by atoms with Gasteiger partial charge in [0, 0.05) is 3.57 Å². The van der Waals surface area contributed by atoms with Gasteiger partial charge < -0.3 is 0 Å². The van der Waals surface area contributed by atoms with Crippen LogP contribution in [0, 0.1) is 18.5 Å². The van der Waals surface area contributed by atoms with Gasteiger partial charge in [-0.2, -0.15) is 5.26 Å². The van der Waals surface area contributed by atoms with Crippen molar-refractivity contribution in [2.75, 3.05) is 0 Å². The van der Waals surface area contributed by atoms with Gasteiger partial charge in [-0.3, -0.25) is 5.11 Å². The Morgan fingerprint density at radius 2 is 1.91 bits per heavy atom. The summed E-state index contributed by atoms with van der Waals surface area (Å²) in [6, 6.07) is 4.98. The largest absolute Gasteiger partial charge is 0.289 e. The number of nitriles is 1. The molecule has 0 saturated heterocycles. The topological polar surface area (TPSA) is 43.7 Å². The van der Waals surface area contributed by atoms with E-state index in [1.54, 1.807) is 6.07 Å². The van der Waals surface area contributed by atoms with Crippen molar-refractivity contribution in [1.29, 1.82) is 5.26 Å². The Hall–Kier alpha value is -0.0300. The number of nitrogens with zero attached hydrogens (tertiary/aromatic N) is 1. The monoisotopic (exact) mass is 370 g/mol. The lowest BCUT2D eigenvalue weighted by Gasteiger charge is -1.97. The molecule has 0 aliphatic carbocycles. The second-order valence-electron chi connectivity index (χ2n) is 1.85. The average Bonchev–Trinajstić information content (AvgIpc) is 2.01. The molecule has 0 N–H and O–H groups in total. The minimum atomic E-state index is -0.0194. The van der Waals surface area contributed by atoms with E-state index in [0.717, 1.165) is 3.57 Å². The van der Waals surface area contributed by atoms with E-state index in [4.69, 9.17) is 5.26 Å². The summed E-state index contributed by atoms with van der Waals surface area (Å²) < 4.78 is 1.38. The Kier molecular flexibility index (Phi) is 2.95. The molecule has 0 aliphatic heterocycles. The van der Waals surface area contributed by atoms with Crippen molar-refractivity contribution in [2.45, 2.75) is 0 Å². The van der Waals surface area contributed by atoms with Gasteiger partial charge in [-0.15, -0.1) is 0 Å². The second kappa shape index (κ2) is 3.58. The predicted octanol–water partition coefficient (Wildman–Crippen LogP) is 2.91. The molecule has 0 atom stereocenters. The zero-order valence-corrected chi connectivity index (χ0v) is 9.58. The molecule has 0 bridgehead atoms. The summed E-state index contributed by atoms with van der Waals surface area (Å²) in [5.74, 6) is -0.0194. The fraction of sp³-hybridized carbons (Fsp3) is 0. The first kappa shape index (κ1) is 9.06. The second-order valence-corrected chi connectivity index (χ2v) is 4.01. The molecule has 0 aromatic heterocycles. The lowest BCUT2D eigenvalue weighted by Crippen LogP contribution is -1.85. The Morgan fingerprint density at radius 1 is 1.27 bits per heavy atom. The van der Waals surface area contributed by atoms with E-state index in [9.17, 15) is 5.11 Å². The van der Waals surface area contributed by atoms with Crippen molar-refractivity contribution in [1.82, 2.24) is 0 Å². The molecule has 55 valence electrons. The summed E-state index contributed by atoms with van der Waals surface area (Å²) >= 11 is 3.95. The van der Waals surface area contributed by atoms with E-state index in [1.807, 2.05) is 51.3 Å². The van der Waals surface area contributed by atoms with Crippen LogP contribution in [-0.4, -0.2) is 0 Å². The standard InChI is InChI=1S/C7H2I2NO/c8-6-4(3-10)1-2-5(11)7(6)9/h1-2H.